The lowest BCUT2D eigenvalue weighted by atomic mass is 10.2. The van der Waals surface area contributed by atoms with Gasteiger partial charge in [0, 0.05) is 40.3 Å². The van der Waals surface area contributed by atoms with Gasteiger partial charge in [0.2, 0.25) is 5.91 Å². The zero-order valence-electron chi connectivity index (χ0n) is 19.0. The van der Waals surface area contributed by atoms with Gasteiger partial charge in [-0.1, -0.05) is 0 Å². The minimum Gasteiger partial charge on any atom is -0.468 e. The molecule has 0 aliphatic carbocycles. The Labute approximate surface area is 185 Å². The number of ether oxygens (including phenoxy) is 1. The molecule has 3 heterocycles. The van der Waals surface area contributed by atoms with E-state index in [1.807, 2.05) is 12.1 Å². The zero-order valence-corrected chi connectivity index (χ0v) is 19.0. The van der Waals surface area contributed by atoms with E-state index in [1.165, 1.54) is 12.8 Å². The maximum absolute atomic E-state index is 12.0. The fourth-order valence-electron chi connectivity index (χ4n) is 3.93. The molecular weight excluding hydrogens is 396 g/mol. The Bertz CT molecular complexity index is 667. The number of guanidine groups is 1. The summed E-state index contributed by atoms with van der Waals surface area (Å²) in [6.45, 7) is 8.42. The summed E-state index contributed by atoms with van der Waals surface area (Å²) in [5.41, 5.74) is 0. The predicted molar refractivity (Wildman–Crippen MR) is 121 cm³/mol. The van der Waals surface area contributed by atoms with Crippen molar-refractivity contribution in [3.05, 3.63) is 24.2 Å². The number of hydrogen-bond acceptors (Lipinski definition) is 6. The van der Waals surface area contributed by atoms with Crippen molar-refractivity contribution in [2.45, 2.75) is 25.3 Å². The summed E-state index contributed by atoms with van der Waals surface area (Å²) in [6.07, 6.45) is 5.17. The van der Waals surface area contributed by atoms with Crippen molar-refractivity contribution >= 4 is 11.9 Å². The van der Waals surface area contributed by atoms with E-state index in [9.17, 15) is 4.79 Å². The van der Waals surface area contributed by atoms with Gasteiger partial charge >= 0.3 is 0 Å². The normalized spacial score (nSPS) is 19.4. The number of amides is 1. The largest absolute Gasteiger partial charge is 0.468 e. The second kappa shape index (κ2) is 12.7. The molecule has 31 heavy (non-hydrogen) atoms. The first-order chi connectivity index (χ1) is 15.1. The van der Waals surface area contributed by atoms with Gasteiger partial charge in [0.05, 0.1) is 25.5 Å². The Morgan fingerprint density at radius 1 is 1.19 bits per heavy atom. The molecule has 1 unspecified atom stereocenters. The first-order valence-corrected chi connectivity index (χ1v) is 11.4. The highest BCUT2D eigenvalue weighted by Gasteiger charge is 2.25. The molecule has 2 aliphatic heterocycles. The van der Waals surface area contributed by atoms with Gasteiger partial charge in [-0.05, 0) is 51.0 Å². The molecule has 174 valence electrons. The topological polar surface area (TPSA) is 85.6 Å². The number of furan rings is 1. The van der Waals surface area contributed by atoms with Crippen molar-refractivity contribution in [1.82, 2.24) is 25.3 Å². The van der Waals surface area contributed by atoms with Crippen LogP contribution in [-0.4, -0.2) is 106 Å². The Morgan fingerprint density at radius 3 is 2.65 bits per heavy atom. The molecule has 1 aromatic rings. The molecule has 0 saturated carbocycles. The van der Waals surface area contributed by atoms with Crippen LogP contribution in [-0.2, 0) is 9.53 Å². The number of hydrogen-bond donors (Lipinski definition) is 2. The Balaban J connectivity index is 1.54. The number of likely N-dealkylation sites (tertiary alicyclic amines) is 1. The minimum atomic E-state index is -0.0171. The van der Waals surface area contributed by atoms with E-state index in [1.54, 1.807) is 25.3 Å². The van der Waals surface area contributed by atoms with Gasteiger partial charge in [0.15, 0.2) is 5.96 Å². The van der Waals surface area contributed by atoms with Crippen LogP contribution >= 0.6 is 0 Å². The lowest BCUT2D eigenvalue weighted by Gasteiger charge is -2.27. The van der Waals surface area contributed by atoms with Crippen LogP contribution in [0, 0.1) is 0 Å². The van der Waals surface area contributed by atoms with Gasteiger partial charge in [-0.25, -0.2) is 4.99 Å². The van der Waals surface area contributed by atoms with E-state index in [2.05, 4.69) is 25.4 Å². The van der Waals surface area contributed by atoms with E-state index in [0.29, 0.717) is 12.5 Å². The first-order valence-electron chi connectivity index (χ1n) is 11.4. The summed E-state index contributed by atoms with van der Waals surface area (Å²) in [4.78, 5) is 23.0. The molecule has 0 spiro atoms. The summed E-state index contributed by atoms with van der Waals surface area (Å²) >= 11 is 0. The lowest BCUT2D eigenvalue weighted by molar-refractivity contribution is -0.127. The highest BCUT2D eigenvalue weighted by Crippen LogP contribution is 2.24. The highest BCUT2D eigenvalue weighted by molar-refractivity contribution is 5.84. The molecule has 2 aliphatic rings. The van der Waals surface area contributed by atoms with Crippen LogP contribution in [0.5, 0.6) is 0 Å². The molecular formula is C22H38N6O3. The molecule has 9 heteroatoms. The van der Waals surface area contributed by atoms with E-state index >= 15 is 0 Å². The molecule has 3 rings (SSSR count). The smallest absolute Gasteiger partial charge is 0.243 e. The van der Waals surface area contributed by atoms with E-state index in [0.717, 1.165) is 64.7 Å². The van der Waals surface area contributed by atoms with Crippen LogP contribution in [0.25, 0.3) is 0 Å². The number of aliphatic imine (C=N–C) groups is 1. The monoisotopic (exact) mass is 434 g/mol. The maximum Gasteiger partial charge on any atom is 0.243 e. The summed E-state index contributed by atoms with van der Waals surface area (Å²) in [5.74, 6) is 1.62. The molecule has 2 saturated heterocycles. The van der Waals surface area contributed by atoms with Crippen molar-refractivity contribution < 1.29 is 13.9 Å². The van der Waals surface area contributed by atoms with Crippen molar-refractivity contribution in [1.29, 1.82) is 0 Å². The van der Waals surface area contributed by atoms with E-state index in [4.69, 9.17) is 9.15 Å². The van der Waals surface area contributed by atoms with Crippen molar-refractivity contribution in [3.8, 4) is 0 Å². The Kier molecular flexibility index (Phi) is 9.64. The number of nitrogens with zero attached hydrogens (tertiary/aromatic N) is 4. The minimum absolute atomic E-state index is 0.0171. The van der Waals surface area contributed by atoms with Crippen molar-refractivity contribution in [2.24, 2.45) is 4.99 Å². The molecule has 2 fully saturated rings. The average molecular weight is 435 g/mol. The predicted octanol–water partition coefficient (Wildman–Crippen LogP) is 0.762. The van der Waals surface area contributed by atoms with Gasteiger partial charge < -0.3 is 24.7 Å². The summed E-state index contributed by atoms with van der Waals surface area (Å²) in [6, 6.07) is 4.13. The van der Waals surface area contributed by atoms with Crippen LogP contribution in [0.15, 0.2) is 27.8 Å². The molecule has 1 amide bonds. The van der Waals surface area contributed by atoms with Gasteiger partial charge in [-0.15, -0.1) is 0 Å². The van der Waals surface area contributed by atoms with Crippen LogP contribution in [0.3, 0.4) is 0 Å². The van der Waals surface area contributed by atoms with Crippen LogP contribution in [0.1, 0.15) is 31.1 Å². The fraction of sp³-hybridized carbons (Fsp3) is 0.727. The van der Waals surface area contributed by atoms with Gasteiger partial charge in [0.1, 0.15) is 12.3 Å². The molecule has 0 bridgehead atoms. The van der Waals surface area contributed by atoms with E-state index < -0.39 is 0 Å². The average Bonchev–Trinajstić information content (AvgIpc) is 3.50. The SMILES string of the molecule is CN(C)C(=O)CN=C(NCCCN1CCOCC1)NCC(c1ccco1)N1CCCC1. The van der Waals surface area contributed by atoms with Gasteiger partial charge in [-0.2, -0.15) is 0 Å². The van der Waals surface area contributed by atoms with Gasteiger partial charge in [-0.3, -0.25) is 14.6 Å². The standard InChI is InChI=1S/C22H38N6O3/c1-26(2)21(29)18-25-22(23-8-6-9-27-12-15-30-16-13-27)24-17-19(20-7-5-14-31-20)28-10-3-4-11-28/h5,7,14,19H,3-4,6,8-13,15-18H2,1-2H3,(H2,23,24,25). The summed E-state index contributed by atoms with van der Waals surface area (Å²) in [7, 11) is 3.50. The maximum atomic E-state index is 12.0. The molecule has 0 aromatic carbocycles. The molecule has 1 atom stereocenters. The molecule has 9 nitrogen and oxygen atoms in total. The number of nitrogens with one attached hydrogen (secondary N) is 2. The third-order valence-electron chi connectivity index (χ3n) is 5.83. The second-order valence-electron chi connectivity index (χ2n) is 8.34. The quantitative estimate of drug-likeness (QED) is 0.319. The van der Waals surface area contributed by atoms with Crippen molar-refractivity contribution in [2.75, 3.05) is 79.7 Å². The molecule has 1 aromatic heterocycles. The Morgan fingerprint density at radius 2 is 1.97 bits per heavy atom. The lowest BCUT2D eigenvalue weighted by Crippen LogP contribution is -2.44. The third-order valence-corrected chi connectivity index (χ3v) is 5.83. The number of carbonyl (C=O) groups is 1. The zero-order chi connectivity index (χ0) is 21.9. The summed E-state index contributed by atoms with van der Waals surface area (Å²) < 4.78 is 11.1. The number of rotatable bonds is 10. The first kappa shape index (κ1) is 23.6. The van der Waals surface area contributed by atoms with Crippen LogP contribution in [0.2, 0.25) is 0 Å². The molecule has 0 radical (unpaired) electrons. The van der Waals surface area contributed by atoms with E-state index in [-0.39, 0.29) is 18.5 Å². The molecule has 2 N–H and O–H groups in total. The number of morpholine rings is 1. The van der Waals surface area contributed by atoms with Crippen LogP contribution in [0.4, 0.5) is 0 Å². The third kappa shape index (κ3) is 7.83. The number of likely N-dealkylation sites (N-methyl/N-ethyl adjacent to an activating group) is 1. The van der Waals surface area contributed by atoms with Crippen LogP contribution < -0.4 is 10.6 Å². The summed E-state index contributed by atoms with van der Waals surface area (Å²) in [5, 5.41) is 6.86. The van der Waals surface area contributed by atoms with Gasteiger partial charge in [0.25, 0.3) is 0 Å². The number of carbonyl (C=O) groups excluding carboxylic acids is 1. The Hall–Kier alpha value is -2.10. The fourth-order valence-corrected chi connectivity index (χ4v) is 3.93. The highest BCUT2D eigenvalue weighted by atomic mass is 16.5. The second-order valence-corrected chi connectivity index (χ2v) is 8.34. The van der Waals surface area contributed by atoms with Crippen molar-refractivity contribution in [3.63, 3.8) is 0 Å².